The highest BCUT2D eigenvalue weighted by atomic mass is 16.6. The Balaban J connectivity index is 1.39. The monoisotopic (exact) mass is 422 g/mol. The fraction of sp³-hybridized carbons (Fsp3) is 0.864. The van der Waals surface area contributed by atoms with Gasteiger partial charge in [0, 0.05) is 71.2 Å². The number of carbonyl (C=O) groups is 3. The topological polar surface area (TPSA) is 73.4 Å². The summed E-state index contributed by atoms with van der Waals surface area (Å²) in [6, 6.07) is 0.481. The van der Waals surface area contributed by atoms with Crippen LogP contribution in [0.5, 0.6) is 0 Å². The van der Waals surface area contributed by atoms with E-state index in [1.54, 1.807) is 11.8 Å². The molecule has 3 aliphatic rings. The molecule has 3 amide bonds. The van der Waals surface area contributed by atoms with Gasteiger partial charge in [-0.3, -0.25) is 14.5 Å². The number of amides is 3. The molecule has 0 aromatic heterocycles. The zero-order chi connectivity index (χ0) is 21.9. The SMILES string of the molecule is CC(=O)N1CCC(C(=O)N2CCC(N3CCN(C(=O)OC(C)(C)C)CC3)CC2)CC1. The van der Waals surface area contributed by atoms with E-state index in [0.717, 1.165) is 51.9 Å². The first-order valence-corrected chi connectivity index (χ1v) is 11.4. The van der Waals surface area contributed by atoms with Crippen LogP contribution in [0.1, 0.15) is 53.4 Å². The normalized spacial score (nSPS) is 22.9. The van der Waals surface area contributed by atoms with Crippen molar-refractivity contribution in [3.8, 4) is 0 Å². The molecule has 3 rings (SSSR count). The van der Waals surface area contributed by atoms with Crippen molar-refractivity contribution >= 4 is 17.9 Å². The summed E-state index contributed by atoms with van der Waals surface area (Å²) in [5, 5.41) is 0. The van der Waals surface area contributed by atoms with Crippen LogP contribution in [0.25, 0.3) is 0 Å². The number of ether oxygens (including phenoxy) is 1. The number of hydrogen-bond donors (Lipinski definition) is 0. The summed E-state index contributed by atoms with van der Waals surface area (Å²) in [6.07, 6.45) is 3.32. The fourth-order valence-electron chi connectivity index (χ4n) is 4.75. The molecule has 0 radical (unpaired) electrons. The van der Waals surface area contributed by atoms with E-state index in [1.807, 2.05) is 30.6 Å². The van der Waals surface area contributed by atoms with E-state index in [9.17, 15) is 14.4 Å². The van der Waals surface area contributed by atoms with E-state index in [2.05, 4.69) is 4.90 Å². The first-order valence-electron chi connectivity index (χ1n) is 11.4. The molecule has 3 aliphatic heterocycles. The summed E-state index contributed by atoms with van der Waals surface area (Å²) in [5.41, 5.74) is -0.462. The predicted octanol–water partition coefficient (Wildman–Crippen LogP) is 1.79. The Kier molecular flexibility index (Phi) is 7.26. The molecule has 170 valence electrons. The van der Waals surface area contributed by atoms with Crippen LogP contribution in [-0.4, -0.2) is 102 Å². The molecule has 0 saturated carbocycles. The minimum atomic E-state index is -0.462. The summed E-state index contributed by atoms with van der Waals surface area (Å²) >= 11 is 0. The van der Waals surface area contributed by atoms with Crippen molar-refractivity contribution in [2.24, 2.45) is 5.92 Å². The van der Waals surface area contributed by atoms with Crippen LogP contribution in [0.15, 0.2) is 0 Å². The van der Waals surface area contributed by atoms with Crippen LogP contribution in [0, 0.1) is 5.92 Å². The van der Waals surface area contributed by atoms with Crippen molar-refractivity contribution in [3.63, 3.8) is 0 Å². The van der Waals surface area contributed by atoms with E-state index in [0.29, 0.717) is 32.2 Å². The molecule has 3 saturated heterocycles. The van der Waals surface area contributed by atoms with Crippen LogP contribution in [0.2, 0.25) is 0 Å². The zero-order valence-corrected chi connectivity index (χ0v) is 19.1. The molecule has 8 nitrogen and oxygen atoms in total. The molecule has 0 aliphatic carbocycles. The third-order valence-electron chi connectivity index (χ3n) is 6.55. The minimum Gasteiger partial charge on any atom is -0.444 e. The average molecular weight is 423 g/mol. The lowest BCUT2D eigenvalue weighted by Crippen LogP contribution is -2.55. The molecule has 0 aromatic carbocycles. The van der Waals surface area contributed by atoms with Gasteiger partial charge in [-0.05, 0) is 46.5 Å². The summed E-state index contributed by atoms with van der Waals surface area (Å²) in [5.74, 6) is 0.439. The molecule has 0 atom stereocenters. The van der Waals surface area contributed by atoms with Crippen LogP contribution in [0.3, 0.4) is 0 Å². The number of hydrogen-bond acceptors (Lipinski definition) is 5. The van der Waals surface area contributed by atoms with Crippen molar-refractivity contribution in [2.45, 2.75) is 65.0 Å². The Bertz CT molecular complexity index is 624. The molecule has 0 unspecified atom stereocenters. The third kappa shape index (κ3) is 5.86. The lowest BCUT2D eigenvalue weighted by atomic mass is 9.93. The molecule has 0 aromatic rings. The van der Waals surface area contributed by atoms with Crippen LogP contribution >= 0.6 is 0 Å². The maximum absolute atomic E-state index is 12.9. The highest BCUT2D eigenvalue weighted by molar-refractivity contribution is 5.80. The maximum Gasteiger partial charge on any atom is 0.410 e. The maximum atomic E-state index is 12.9. The van der Waals surface area contributed by atoms with Crippen molar-refractivity contribution in [2.75, 3.05) is 52.4 Å². The summed E-state index contributed by atoms with van der Waals surface area (Å²) in [7, 11) is 0. The summed E-state index contributed by atoms with van der Waals surface area (Å²) in [6.45, 7) is 13.4. The Morgan fingerprint density at radius 3 is 1.77 bits per heavy atom. The summed E-state index contributed by atoms with van der Waals surface area (Å²) < 4.78 is 5.48. The second-order valence-corrected chi connectivity index (χ2v) is 9.84. The number of piperidine rings is 2. The molecular weight excluding hydrogens is 384 g/mol. The van der Waals surface area contributed by atoms with Crippen LogP contribution in [0.4, 0.5) is 4.79 Å². The molecular formula is C22H38N4O4. The Morgan fingerprint density at radius 1 is 0.733 bits per heavy atom. The first-order chi connectivity index (χ1) is 14.1. The quantitative estimate of drug-likeness (QED) is 0.678. The van der Waals surface area contributed by atoms with E-state index in [4.69, 9.17) is 4.74 Å². The number of piperazine rings is 1. The Hall–Kier alpha value is -1.83. The fourth-order valence-corrected chi connectivity index (χ4v) is 4.75. The lowest BCUT2D eigenvalue weighted by Gasteiger charge is -2.43. The molecule has 0 spiro atoms. The van der Waals surface area contributed by atoms with E-state index >= 15 is 0 Å². The highest BCUT2D eigenvalue weighted by Gasteiger charge is 2.34. The van der Waals surface area contributed by atoms with Gasteiger partial charge in [-0.2, -0.15) is 0 Å². The van der Waals surface area contributed by atoms with Crippen molar-refractivity contribution < 1.29 is 19.1 Å². The number of carbonyl (C=O) groups excluding carboxylic acids is 3. The van der Waals surface area contributed by atoms with Crippen molar-refractivity contribution in [1.82, 2.24) is 19.6 Å². The van der Waals surface area contributed by atoms with E-state index in [1.165, 1.54) is 0 Å². The Morgan fingerprint density at radius 2 is 1.27 bits per heavy atom. The highest BCUT2D eigenvalue weighted by Crippen LogP contribution is 2.24. The molecule has 3 fully saturated rings. The minimum absolute atomic E-state index is 0.0644. The molecule has 30 heavy (non-hydrogen) atoms. The van der Waals surface area contributed by atoms with E-state index < -0.39 is 5.60 Å². The second-order valence-electron chi connectivity index (χ2n) is 9.84. The molecule has 0 N–H and O–H groups in total. The Labute approximate surface area is 180 Å². The number of rotatable bonds is 2. The molecule has 3 heterocycles. The smallest absolute Gasteiger partial charge is 0.410 e. The van der Waals surface area contributed by atoms with Gasteiger partial charge in [-0.25, -0.2) is 4.79 Å². The van der Waals surface area contributed by atoms with Gasteiger partial charge in [0.1, 0.15) is 5.60 Å². The van der Waals surface area contributed by atoms with Crippen molar-refractivity contribution in [3.05, 3.63) is 0 Å². The molecule has 8 heteroatoms. The number of likely N-dealkylation sites (tertiary alicyclic amines) is 2. The predicted molar refractivity (Wildman–Crippen MR) is 114 cm³/mol. The average Bonchev–Trinajstić information content (AvgIpc) is 2.72. The van der Waals surface area contributed by atoms with Gasteiger partial charge in [0.05, 0.1) is 0 Å². The largest absolute Gasteiger partial charge is 0.444 e. The van der Waals surface area contributed by atoms with Crippen LogP contribution in [-0.2, 0) is 14.3 Å². The number of nitrogens with zero attached hydrogens (tertiary/aromatic N) is 4. The van der Waals surface area contributed by atoms with Gasteiger partial charge in [-0.15, -0.1) is 0 Å². The third-order valence-corrected chi connectivity index (χ3v) is 6.55. The first kappa shape index (κ1) is 22.8. The molecule has 0 bridgehead atoms. The van der Waals surface area contributed by atoms with Crippen molar-refractivity contribution in [1.29, 1.82) is 0 Å². The zero-order valence-electron chi connectivity index (χ0n) is 19.1. The van der Waals surface area contributed by atoms with E-state index in [-0.39, 0.29) is 23.8 Å². The van der Waals surface area contributed by atoms with Gasteiger partial charge >= 0.3 is 6.09 Å². The van der Waals surface area contributed by atoms with Gasteiger partial charge in [0.25, 0.3) is 0 Å². The summed E-state index contributed by atoms with van der Waals surface area (Å²) in [4.78, 5) is 44.8. The second kappa shape index (κ2) is 9.54. The van der Waals surface area contributed by atoms with Gasteiger partial charge < -0.3 is 19.4 Å². The van der Waals surface area contributed by atoms with Crippen LogP contribution < -0.4 is 0 Å². The van der Waals surface area contributed by atoms with Gasteiger partial charge in [0.15, 0.2) is 0 Å². The van der Waals surface area contributed by atoms with Gasteiger partial charge in [-0.1, -0.05) is 0 Å². The van der Waals surface area contributed by atoms with Gasteiger partial charge in [0.2, 0.25) is 11.8 Å². The lowest BCUT2D eigenvalue weighted by molar-refractivity contribution is -0.141. The standard InChI is InChI=1S/C22H38N4O4/c1-17(27)23-9-5-18(6-10-23)20(28)25-11-7-19(8-12-25)24-13-15-26(16-14-24)21(29)30-22(2,3)4/h18-19H,5-16H2,1-4H3.